The van der Waals surface area contributed by atoms with Gasteiger partial charge in [0.05, 0.1) is 11.4 Å². The Hall–Kier alpha value is -5.52. The fourth-order valence-electron chi connectivity index (χ4n) is 3.32. The molecule has 0 fully saturated rings. The number of nitrogens with two attached hydrogens (primary N) is 2. The van der Waals surface area contributed by atoms with E-state index in [-0.39, 0.29) is 24.6 Å². The Morgan fingerprint density at radius 3 is 1.32 bits per heavy atom. The molecule has 0 bridgehead atoms. The molecule has 0 radical (unpaired) electrons. The largest absolute Gasteiger partial charge is 0.503 e. The van der Waals surface area contributed by atoms with Crippen LogP contribution in [0.5, 0.6) is 23.0 Å². The first kappa shape index (κ1) is 25.6. The number of amides is 2. The Bertz CT molecular complexity index is 1420. The van der Waals surface area contributed by atoms with E-state index >= 15 is 0 Å². The van der Waals surface area contributed by atoms with Crippen LogP contribution in [0.2, 0.25) is 0 Å². The zero-order valence-electron chi connectivity index (χ0n) is 19.8. The summed E-state index contributed by atoms with van der Waals surface area (Å²) in [6.45, 7) is -0.499. The van der Waals surface area contributed by atoms with Crippen molar-refractivity contribution in [2.45, 2.75) is 0 Å². The highest BCUT2D eigenvalue weighted by molar-refractivity contribution is 6.05. The first-order valence-electron chi connectivity index (χ1n) is 11.1. The summed E-state index contributed by atoms with van der Waals surface area (Å²) in [5.41, 5.74) is 11.1. The molecule has 0 unspecified atom stereocenters. The van der Waals surface area contributed by atoms with Crippen molar-refractivity contribution in [2.75, 3.05) is 13.2 Å². The van der Waals surface area contributed by atoms with Crippen LogP contribution in [-0.2, 0) is 9.59 Å². The van der Waals surface area contributed by atoms with Gasteiger partial charge >= 0.3 is 0 Å². The standard InChI is InChI=1S/C26H22N6O6/c27-21(33)13-37-17-9-5-15(6-10-17)29-31-23-19-3-1-2-4-20(19)24(26(36)25(23)35)32-30-16-7-11-18(12-8-16)38-14-22(28)34/h1-12,35-36H,13-14H2,(H2,27,33)(H2,28,34)/b31-29+,32-30+. The van der Waals surface area contributed by atoms with Gasteiger partial charge in [-0.3, -0.25) is 9.59 Å². The molecular weight excluding hydrogens is 492 g/mol. The van der Waals surface area contributed by atoms with E-state index in [0.29, 0.717) is 33.6 Å². The van der Waals surface area contributed by atoms with Gasteiger partial charge in [0.2, 0.25) is 0 Å². The Morgan fingerprint density at radius 2 is 0.974 bits per heavy atom. The van der Waals surface area contributed by atoms with Gasteiger partial charge in [0.25, 0.3) is 11.8 Å². The molecule has 0 aliphatic heterocycles. The van der Waals surface area contributed by atoms with Crippen LogP contribution in [0.25, 0.3) is 10.8 Å². The Labute approximate surface area is 215 Å². The number of ether oxygens (including phenoxy) is 2. The van der Waals surface area contributed by atoms with Crippen LogP contribution in [0.3, 0.4) is 0 Å². The number of aromatic hydroxyl groups is 2. The Morgan fingerprint density at radius 1 is 0.605 bits per heavy atom. The predicted molar refractivity (Wildman–Crippen MR) is 138 cm³/mol. The Kier molecular flexibility index (Phi) is 7.72. The maximum absolute atomic E-state index is 10.8. The number of phenolic OH excluding ortho intramolecular Hbond substituents is 2. The molecule has 4 rings (SSSR count). The third-order valence-corrected chi connectivity index (χ3v) is 5.08. The lowest BCUT2D eigenvalue weighted by molar-refractivity contribution is -0.120. The van der Waals surface area contributed by atoms with Crippen molar-refractivity contribution >= 4 is 45.3 Å². The molecule has 192 valence electrons. The minimum atomic E-state index is -0.594. The van der Waals surface area contributed by atoms with Crippen LogP contribution in [-0.4, -0.2) is 35.2 Å². The third-order valence-electron chi connectivity index (χ3n) is 5.08. The first-order chi connectivity index (χ1) is 18.3. The quantitative estimate of drug-likeness (QED) is 0.173. The summed E-state index contributed by atoms with van der Waals surface area (Å²) in [7, 11) is 0. The number of hydrogen-bond donors (Lipinski definition) is 4. The number of rotatable bonds is 10. The van der Waals surface area contributed by atoms with Gasteiger partial charge in [-0.05, 0) is 48.5 Å². The van der Waals surface area contributed by atoms with Crippen LogP contribution in [0, 0.1) is 0 Å². The summed E-state index contributed by atoms with van der Waals surface area (Å²) in [6.07, 6.45) is 0. The molecule has 0 saturated heterocycles. The summed E-state index contributed by atoms with van der Waals surface area (Å²) in [6, 6.07) is 19.7. The lowest BCUT2D eigenvalue weighted by Crippen LogP contribution is -2.19. The molecule has 4 aromatic rings. The molecular formula is C26H22N6O6. The third kappa shape index (κ3) is 6.18. The molecule has 6 N–H and O–H groups in total. The molecule has 0 aromatic heterocycles. The van der Waals surface area contributed by atoms with Crippen LogP contribution < -0.4 is 20.9 Å². The molecule has 0 aliphatic rings. The predicted octanol–water partition coefficient (Wildman–Crippen LogP) is 4.81. The van der Waals surface area contributed by atoms with Crippen molar-refractivity contribution in [1.29, 1.82) is 0 Å². The summed E-state index contributed by atoms with van der Waals surface area (Å²) in [5, 5.41) is 39.0. The number of benzene rings is 4. The molecule has 12 nitrogen and oxygen atoms in total. The molecule has 0 saturated carbocycles. The second-order valence-corrected chi connectivity index (χ2v) is 7.84. The number of azo groups is 2. The zero-order valence-corrected chi connectivity index (χ0v) is 19.8. The average molecular weight is 514 g/mol. The summed E-state index contributed by atoms with van der Waals surface area (Å²) < 4.78 is 10.4. The van der Waals surface area contributed by atoms with Gasteiger partial charge in [0, 0.05) is 10.8 Å². The fourth-order valence-corrected chi connectivity index (χ4v) is 3.32. The maximum atomic E-state index is 10.8. The van der Waals surface area contributed by atoms with Gasteiger partial charge in [0.1, 0.15) is 22.9 Å². The summed E-state index contributed by atoms with van der Waals surface area (Å²) in [4.78, 5) is 21.7. The molecule has 0 heterocycles. The highest BCUT2D eigenvalue weighted by atomic mass is 16.5. The van der Waals surface area contributed by atoms with E-state index in [1.54, 1.807) is 72.8 Å². The second kappa shape index (κ2) is 11.5. The van der Waals surface area contributed by atoms with Crippen molar-refractivity contribution in [1.82, 2.24) is 0 Å². The maximum Gasteiger partial charge on any atom is 0.255 e. The number of phenols is 2. The molecule has 12 heteroatoms. The topological polar surface area (TPSA) is 195 Å². The van der Waals surface area contributed by atoms with E-state index in [1.165, 1.54) is 0 Å². The minimum absolute atomic E-state index is 0.0436. The van der Waals surface area contributed by atoms with E-state index in [4.69, 9.17) is 20.9 Å². The highest BCUT2D eigenvalue weighted by Gasteiger charge is 2.19. The Balaban J connectivity index is 1.61. The SMILES string of the molecule is NC(=O)COc1ccc(/N=N/c2c(O)c(O)c(/N=N/c3ccc(OCC(N)=O)cc3)c3ccccc23)cc1. The van der Waals surface area contributed by atoms with Gasteiger partial charge in [-0.1, -0.05) is 24.3 Å². The van der Waals surface area contributed by atoms with E-state index in [0.717, 1.165) is 0 Å². The van der Waals surface area contributed by atoms with Gasteiger partial charge in [-0.15, -0.1) is 10.2 Å². The van der Waals surface area contributed by atoms with Crippen LogP contribution in [0.15, 0.2) is 93.3 Å². The lowest BCUT2D eigenvalue weighted by Gasteiger charge is -2.10. The van der Waals surface area contributed by atoms with Crippen molar-refractivity contribution in [3.63, 3.8) is 0 Å². The van der Waals surface area contributed by atoms with E-state index in [9.17, 15) is 19.8 Å². The summed E-state index contributed by atoms with van der Waals surface area (Å²) in [5.74, 6) is -1.37. The molecule has 38 heavy (non-hydrogen) atoms. The van der Waals surface area contributed by atoms with Gasteiger partial charge in [0.15, 0.2) is 24.7 Å². The van der Waals surface area contributed by atoms with E-state index < -0.39 is 23.3 Å². The van der Waals surface area contributed by atoms with Gasteiger partial charge in [-0.2, -0.15) is 10.2 Å². The van der Waals surface area contributed by atoms with Crippen molar-refractivity contribution in [3.05, 3.63) is 72.8 Å². The van der Waals surface area contributed by atoms with Crippen LogP contribution in [0.1, 0.15) is 0 Å². The highest BCUT2D eigenvalue weighted by Crippen LogP contribution is 2.50. The van der Waals surface area contributed by atoms with Crippen LogP contribution >= 0.6 is 0 Å². The monoisotopic (exact) mass is 514 g/mol. The zero-order chi connectivity index (χ0) is 27.1. The number of carbonyl (C=O) groups excluding carboxylic acids is 2. The van der Waals surface area contributed by atoms with Gasteiger partial charge in [-0.25, -0.2) is 0 Å². The molecule has 0 atom stereocenters. The normalized spacial score (nSPS) is 11.3. The average Bonchev–Trinajstić information content (AvgIpc) is 2.92. The molecule has 4 aromatic carbocycles. The molecule has 0 aliphatic carbocycles. The lowest BCUT2D eigenvalue weighted by atomic mass is 10.1. The number of hydrogen-bond acceptors (Lipinski definition) is 10. The second-order valence-electron chi connectivity index (χ2n) is 7.84. The first-order valence-corrected chi connectivity index (χ1v) is 11.1. The number of primary amides is 2. The number of nitrogens with zero attached hydrogens (tertiary/aromatic N) is 4. The van der Waals surface area contributed by atoms with Crippen LogP contribution in [0.4, 0.5) is 22.7 Å². The smallest absolute Gasteiger partial charge is 0.255 e. The summed E-state index contributed by atoms with van der Waals surface area (Å²) >= 11 is 0. The number of carbonyl (C=O) groups is 2. The number of fused-ring (bicyclic) bond motifs is 1. The van der Waals surface area contributed by atoms with E-state index in [1.807, 2.05) is 0 Å². The molecule has 2 amide bonds. The van der Waals surface area contributed by atoms with Crippen molar-refractivity contribution < 1.29 is 29.3 Å². The van der Waals surface area contributed by atoms with E-state index in [2.05, 4.69) is 20.5 Å². The van der Waals surface area contributed by atoms with Crippen molar-refractivity contribution in [3.8, 4) is 23.0 Å². The minimum Gasteiger partial charge on any atom is -0.503 e. The van der Waals surface area contributed by atoms with Gasteiger partial charge < -0.3 is 31.2 Å². The van der Waals surface area contributed by atoms with Crippen molar-refractivity contribution in [2.24, 2.45) is 31.9 Å². The fraction of sp³-hybridized carbons (Fsp3) is 0.0769. The molecule has 0 spiro atoms.